The number of nitrogens with zero attached hydrogens (tertiary/aromatic N) is 5. The van der Waals surface area contributed by atoms with Gasteiger partial charge in [-0.1, -0.05) is 24.6 Å². The van der Waals surface area contributed by atoms with E-state index in [0.717, 1.165) is 81.2 Å². The number of ether oxygens (including phenoxy) is 1. The largest absolute Gasteiger partial charge is 0.417 e. The highest BCUT2D eigenvalue weighted by Crippen LogP contribution is 2.31. The number of carbonyl (C=O) groups excluding carboxylic acids is 1. The summed E-state index contributed by atoms with van der Waals surface area (Å²) in [4.78, 5) is 22.3. The van der Waals surface area contributed by atoms with Gasteiger partial charge in [0, 0.05) is 56.2 Å². The number of rotatable bonds is 8. The molecule has 0 aliphatic carbocycles. The second kappa shape index (κ2) is 12.6. The molecule has 0 radical (unpaired) electrons. The molecule has 2 aliphatic heterocycles. The highest BCUT2D eigenvalue weighted by Gasteiger charge is 2.34. The van der Waals surface area contributed by atoms with Gasteiger partial charge in [0.25, 0.3) is 5.91 Å². The van der Waals surface area contributed by atoms with E-state index < -0.39 is 11.7 Å². The van der Waals surface area contributed by atoms with Crippen molar-refractivity contribution >= 4 is 11.7 Å². The van der Waals surface area contributed by atoms with E-state index in [4.69, 9.17) is 4.74 Å². The van der Waals surface area contributed by atoms with Gasteiger partial charge in [-0.25, -0.2) is 4.98 Å². The average Bonchev–Trinajstić information content (AvgIpc) is 3.44. The zero-order valence-electron chi connectivity index (χ0n) is 23.5. The molecule has 220 valence electrons. The minimum atomic E-state index is -4.43. The van der Waals surface area contributed by atoms with E-state index in [1.165, 1.54) is 6.07 Å². The lowest BCUT2D eigenvalue weighted by atomic mass is 9.89. The molecule has 1 aromatic carbocycles. The van der Waals surface area contributed by atoms with Crippen molar-refractivity contribution in [1.82, 2.24) is 24.6 Å². The van der Waals surface area contributed by atoms with Crippen LogP contribution in [0.1, 0.15) is 41.3 Å². The number of amides is 1. The van der Waals surface area contributed by atoms with E-state index in [1.807, 2.05) is 47.1 Å². The van der Waals surface area contributed by atoms with Gasteiger partial charge in [-0.05, 0) is 49.4 Å². The standard InChI is InChI=1S/C30H37F3N6O2/c1-21-5-7-25(23-17-36-38(20-23)11-10-37-12-14-41-15-13-37)26(16-21)29(40)39-9-3-4-22(2)27(39)19-35-28-8-6-24(18-34-28)30(31,32)33/h5-8,16-18,20,22,27H,3-4,9-15,19H2,1-2H3,(H,34,35). The molecular formula is C30H37F3N6O2. The number of morpholine rings is 1. The Morgan fingerprint density at radius 3 is 2.63 bits per heavy atom. The first-order chi connectivity index (χ1) is 19.7. The monoisotopic (exact) mass is 570 g/mol. The molecule has 0 bridgehead atoms. The van der Waals surface area contributed by atoms with Crippen molar-refractivity contribution in [2.45, 2.75) is 45.5 Å². The quantitative estimate of drug-likeness (QED) is 0.413. The van der Waals surface area contributed by atoms with Gasteiger partial charge in [0.2, 0.25) is 0 Å². The molecule has 0 spiro atoms. The number of carbonyl (C=O) groups is 1. The zero-order chi connectivity index (χ0) is 29.0. The molecule has 4 heterocycles. The minimum Gasteiger partial charge on any atom is -0.379 e. The predicted molar refractivity (Wildman–Crippen MR) is 151 cm³/mol. The lowest BCUT2D eigenvalue weighted by Gasteiger charge is -2.40. The van der Waals surface area contributed by atoms with Crippen LogP contribution in [0.25, 0.3) is 11.1 Å². The molecule has 5 rings (SSSR count). The second-order valence-corrected chi connectivity index (χ2v) is 11.0. The maximum absolute atomic E-state index is 14.1. The van der Waals surface area contributed by atoms with Crippen LogP contribution in [0.2, 0.25) is 0 Å². The fourth-order valence-corrected chi connectivity index (χ4v) is 5.62. The maximum Gasteiger partial charge on any atom is 0.417 e. The first-order valence-electron chi connectivity index (χ1n) is 14.2. The molecule has 11 heteroatoms. The molecule has 2 aliphatic rings. The Bertz CT molecular complexity index is 1320. The number of hydrogen-bond acceptors (Lipinski definition) is 6. The van der Waals surface area contributed by atoms with E-state index in [9.17, 15) is 18.0 Å². The van der Waals surface area contributed by atoms with Crippen molar-refractivity contribution in [2.24, 2.45) is 5.92 Å². The summed E-state index contributed by atoms with van der Waals surface area (Å²) in [6.07, 6.45) is 2.06. The Labute approximate surface area is 238 Å². The van der Waals surface area contributed by atoms with Crippen molar-refractivity contribution in [2.75, 3.05) is 51.3 Å². The summed E-state index contributed by atoms with van der Waals surface area (Å²) in [5.41, 5.74) is 2.56. The summed E-state index contributed by atoms with van der Waals surface area (Å²) >= 11 is 0. The maximum atomic E-state index is 14.1. The average molecular weight is 571 g/mol. The summed E-state index contributed by atoms with van der Waals surface area (Å²) in [7, 11) is 0. The number of alkyl halides is 3. The van der Waals surface area contributed by atoms with Crippen molar-refractivity contribution in [3.8, 4) is 11.1 Å². The van der Waals surface area contributed by atoms with Gasteiger partial charge < -0.3 is 15.0 Å². The van der Waals surface area contributed by atoms with Gasteiger partial charge in [-0.2, -0.15) is 18.3 Å². The molecule has 3 aromatic rings. The molecule has 2 unspecified atom stereocenters. The molecule has 8 nitrogen and oxygen atoms in total. The van der Waals surface area contributed by atoms with Crippen molar-refractivity contribution < 1.29 is 22.7 Å². The van der Waals surface area contributed by atoms with Crippen molar-refractivity contribution in [3.05, 3.63) is 65.6 Å². The predicted octanol–water partition coefficient (Wildman–Crippen LogP) is 4.96. The molecular weight excluding hydrogens is 533 g/mol. The van der Waals surface area contributed by atoms with E-state index in [-0.39, 0.29) is 17.9 Å². The molecule has 41 heavy (non-hydrogen) atoms. The molecule has 2 fully saturated rings. The number of aromatic nitrogens is 3. The number of anilines is 1. The normalized spacial score (nSPS) is 20.3. The van der Waals surface area contributed by atoms with Gasteiger partial charge >= 0.3 is 6.18 Å². The molecule has 1 N–H and O–H groups in total. The van der Waals surface area contributed by atoms with Crippen LogP contribution < -0.4 is 5.32 Å². The Morgan fingerprint density at radius 1 is 1.10 bits per heavy atom. The number of nitrogens with one attached hydrogen (secondary N) is 1. The Kier molecular flexibility index (Phi) is 8.94. The lowest BCUT2D eigenvalue weighted by Crippen LogP contribution is -2.51. The first kappa shape index (κ1) is 29.1. The third-order valence-corrected chi connectivity index (χ3v) is 8.06. The lowest BCUT2D eigenvalue weighted by molar-refractivity contribution is -0.137. The van der Waals surface area contributed by atoms with Crippen LogP contribution in [0.4, 0.5) is 19.0 Å². The fourth-order valence-electron chi connectivity index (χ4n) is 5.62. The van der Waals surface area contributed by atoms with Gasteiger partial charge in [-0.3, -0.25) is 14.4 Å². The topological polar surface area (TPSA) is 75.5 Å². The number of piperidine rings is 1. The number of aryl methyl sites for hydroxylation is 1. The summed E-state index contributed by atoms with van der Waals surface area (Å²) in [6.45, 7) is 10.1. The number of halogens is 3. The summed E-state index contributed by atoms with van der Waals surface area (Å²) in [5.74, 6) is 0.512. The van der Waals surface area contributed by atoms with Crippen LogP contribution in [-0.2, 0) is 17.5 Å². The third-order valence-electron chi connectivity index (χ3n) is 8.06. The zero-order valence-corrected chi connectivity index (χ0v) is 23.5. The van der Waals surface area contributed by atoms with Crippen LogP contribution >= 0.6 is 0 Å². The highest BCUT2D eigenvalue weighted by atomic mass is 19.4. The fraction of sp³-hybridized carbons (Fsp3) is 0.500. The smallest absolute Gasteiger partial charge is 0.379 e. The SMILES string of the molecule is Cc1ccc(-c2cnn(CCN3CCOCC3)c2)c(C(=O)N2CCCC(C)C2CNc2ccc(C(F)(F)F)cn2)c1. The molecule has 0 saturated carbocycles. The summed E-state index contributed by atoms with van der Waals surface area (Å²) < 4.78 is 46.2. The molecule has 2 aromatic heterocycles. The molecule has 2 atom stereocenters. The Balaban J connectivity index is 1.31. The van der Waals surface area contributed by atoms with E-state index in [1.54, 1.807) is 0 Å². The van der Waals surface area contributed by atoms with Gasteiger partial charge in [0.05, 0.1) is 37.6 Å². The summed E-state index contributed by atoms with van der Waals surface area (Å²) in [6, 6.07) is 8.14. The van der Waals surface area contributed by atoms with Gasteiger partial charge in [0.15, 0.2) is 0 Å². The van der Waals surface area contributed by atoms with Crippen molar-refractivity contribution in [3.63, 3.8) is 0 Å². The Hall–Kier alpha value is -3.44. The van der Waals surface area contributed by atoms with Gasteiger partial charge in [-0.15, -0.1) is 0 Å². The van der Waals surface area contributed by atoms with E-state index in [2.05, 4.69) is 27.2 Å². The van der Waals surface area contributed by atoms with E-state index in [0.29, 0.717) is 24.5 Å². The van der Waals surface area contributed by atoms with Gasteiger partial charge in [0.1, 0.15) is 5.82 Å². The minimum absolute atomic E-state index is 0.0523. The second-order valence-electron chi connectivity index (χ2n) is 11.0. The number of likely N-dealkylation sites (tertiary alicyclic amines) is 1. The van der Waals surface area contributed by atoms with Crippen LogP contribution in [0, 0.1) is 12.8 Å². The molecule has 1 amide bonds. The molecule has 2 saturated heterocycles. The van der Waals surface area contributed by atoms with Crippen molar-refractivity contribution in [1.29, 1.82) is 0 Å². The number of pyridine rings is 1. The van der Waals surface area contributed by atoms with Crippen LogP contribution in [0.3, 0.4) is 0 Å². The first-order valence-corrected chi connectivity index (χ1v) is 14.2. The number of benzene rings is 1. The Morgan fingerprint density at radius 2 is 1.90 bits per heavy atom. The van der Waals surface area contributed by atoms with E-state index >= 15 is 0 Å². The third kappa shape index (κ3) is 7.08. The summed E-state index contributed by atoms with van der Waals surface area (Å²) in [5, 5.41) is 7.73. The van der Waals surface area contributed by atoms with Crippen LogP contribution in [0.15, 0.2) is 48.9 Å². The van der Waals surface area contributed by atoms with Crippen LogP contribution in [0.5, 0.6) is 0 Å². The van der Waals surface area contributed by atoms with Crippen LogP contribution in [-0.4, -0.2) is 82.5 Å². The highest BCUT2D eigenvalue weighted by molar-refractivity contribution is 6.01. The number of hydrogen-bond donors (Lipinski definition) is 1.